The first-order valence-electron chi connectivity index (χ1n) is 9.65. The second-order valence-corrected chi connectivity index (χ2v) is 7.86. The Hall–Kier alpha value is -2.17. The fourth-order valence-electron chi connectivity index (χ4n) is 5.35. The molecule has 5 heteroatoms. The molecule has 0 saturated heterocycles. The van der Waals surface area contributed by atoms with Gasteiger partial charge in [-0.3, -0.25) is 0 Å². The lowest BCUT2D eigenvalue weighted by Gasteiger charge is -2.46. The lowest BCUT2D eigenvalue weighted by molar-refractivity contribution is 0.193. The molecule has 28 heavy (non-hydrogen) atoms. The highest BCUT2D eigenvalue weighted by atomic mass is 19.2. The smallest absolute Gasteiger partial charge is 0.194 e. The molecule has 0 radical (unpaired) electrons. The van der Waals surface area contributed by atoms with Crippen molar-refractivity contribution in [1.82, 2.24) is 0 Å². The third-order valence-corrected chi connectivity index (χ3v) is 6.40. The van der Waals surface area contributed by atoms with Crippen molar-refractivity contribution in [2.24, 2.45) is 11.8 Å². The zero-order valence-corrected chi connectivity index (χ0v) is 15.5. The Balaban J connectivity index is 1.81. The molecule has 0 aliphatic heterocycles. The summed E-state index contributed by atoms with van der Waals surface area (Å²) in [5.41, 5.74) is 1.62. The SMILES string of the molecule is CC=C[C@@H]1CC[C@H]2c3cc(F)cc(F)c3CC[C@@H]2[C@H]1c1cc(F)c(F)c(F)c1. The number of hydrogen-bond acceptors (Lipinski definition) is 0. The van der Waals surface area contributed by atoms with Gasteiger partial charge in [-0.15, -0.1) is 0 Å². The highest BCUT2D eigenvalue weighted by Crippen LogP contribution is 2.54. The molecule has 2 aliphatic carbocycles. The molecule has 0 heterocycles. The molecule has 2 aromatic rings. The Morgan fingerprint density at radius 1 is 0.857 bits per heavy atom. The van der Waals surface area contributed by atoms with Gasteiger partial charge in [0.05, 0.1) is 0 Å². The quantitative estimate of drug-likeness (QED) is 0.300. The average Bonchev–Trinajstić information content (AvgIpc) is 2.65. The van der Waals surface area contributed by atoms with Gasteiger partial charge in [0.25, 0.3) is 0 Å². The predicted molar refractivity (Wildman–Crippen MR) is 97.5 cm³/mol. The summed E-state index contributed by atoms with van der Waals surface area (Å²) in [6, 6.07) is 4.45. The molecule has 4 rings (SSSR count). The molecule has 2 aromatic carbocycles. The van der Waals surface area contributed by atoms with Crippen molar-refractivity contribution in [3.05, 3.63) is 82.2 Å². The van der Waals surface area contributed by atoms with Crippen molar-refractivity contribution in [2.45, 2.75) is 44.4 Å². The summed E-state index contributed by atoms with van der Waals surface area (Å²) in [5, 5.41) is 0. The third kappa shape index (κ3) is 3.15. The highest BCUT2D eigenvalue weighted by Gasteiger charge is 2.43. The molecule has 1 fully saturated rings. The second kappa shape index (κ2) is 7.34. The maximum absolute atomic E-state index is 14.3. The lowest BCUT2D eigenvalue weighted by atomic mass is 9.58. The van der Waals surface area contributed by atoms with Gasteiger partial charge in [-0.2, -0.15) is 0 Å². The van der Waals surface area contributed by atoms with Crippen LogP contribution in [0.25, 0.3) is 0 Å². The summed E-state index contributed by atoms with van der Waals surface area (Å²) in [4.78, 5) is 0. The van der Waals surface area contributed by atoms with Crippen LogP contribution >= 0.6 is 0 Å². The van der Waals surface area contributed by atoms with E-state index in [9.17, 15) is 22.0 Å². The van der Waals surface area contributed by atoms with E-state index in [1.165, 1.54) is 6.07 Å². The van der Waals surface area contributed by atoms with Gasteiger partial charge >= 0.3 is 0 Å². The van der Waals surface area contributed by atoms with Crippen molar-refractivity contribution in [1.29, 1.82) is 0 Å². The molecule has 0 N–H and O–H groups in total. The van der Waals surface area contributed by atoms with E-state index in [4.69, 9.17) is 0 Å². The van der Waals surface area contributed by atoms with Gasteiger partial charge in [0, 0.05) is 6.07 Å². The molecule has 2 aliphatic rings. The maximum atomic E-state index is 14.3. The number of allylic oxidation sites excluding steroid dienone is 2. The summed E-state index contributed by atoms with van der Waals surface area (Å²) in [6.07, 6.45) is 6.49. The normalized spacial score (nSPS) is 26.9. The van der Waals surface area contributed by atoms with Crippen LogP contribution < -0.4 is 0 Å². The first-order valence-corrected chi connectivity index (χ1v) is 9.65. The lowest BCUT2D eigenvalue weighted by Crippen LogP contribution is -2.35. The first kappa shape index (κ1) is 19.2. The molecule has 1 saturated carbocycles. The topological polar surface area (TPSA) is 0 Å². The van der Waals surface area contributed by atoms with Crippen LogP contribution in [-0.4, -0.2) is 0 Å². The number of rotatable bonds is 2. The zero-order chi connectivity index (χ0) is 20.0. The van der Waals surface area contributed by atoms with Crippen LogP contribution in [0, 0.1) is 40.9 Å². The minimum Gasteiger partial charge on any atom is -0.207 e. The summed E-state index contributed by atoms with van der Waals surface area (Å²) in [5.74, 6) is -5.33. The first-order chi connectivity index (χ1) is 13.4. The summed E-state index contributed by atoms with van der Waals surface area (Å²) in [7, 11) is 0. The van der Waals surface area contributed by atoms with Crippen LogP contribution in [0.5, 0.6) is 0 Å². The molecule has 4 atom stereocenters. The van der Waals surface area contributed by atoms with Gasteiger partial charge < -0.3 is 0 Å². The van der Waals surface area contributed by atoms with E-state index in [1.807, 2.05) is 19.1 Å². The standard InChI is InChI=1S/C23H21F5/c1-2-3-12-4-5-15-17(7-6-16-18(15)10-14(24)11-19(16)25)22(12)13-8-20(26)23(28)21(27)9-13/h2-3,8-12,15,17,22H,4-7H2,1H3/t12-,15-,17+,22-/m1/s1. The fourth-order valence-corrected chi connectivity index (χ4v) is 5.35. The predicted octanol–water partition coefficient (Wildman–Crippen LogP) is 6.80. The van der Waals surface area contributed by atoms with Crippen LogP contribution in [0.1, 0.15) is 54.7 Å². The summed E-state index contributed by atoms with van der Waals surface area (Å²) >= 11 is 0. The van der Waals surface area contributed by atoms with Gasteiger partial charge in [0.1, 0.15) is 11.6 Å². The van der Waals surface area contributed by atoms with Crippen molar-refractivity contribution in [3.8, 4) is 0 Å². The van der Waals surface area contributed by atoms with Crippen LogP contribution in [0.15, 0.2) is 36.4 Å². The number of fused-ring (bicyclic) bond motifs is 3. The molecule has 0 unspecified atom stereocenters. The van der Waals surface area contributed by atoms with Crippen molar-refractivity contribution in [2.75, 3.05) is 0 Å². The van der Waals surface area contributed by atoms with Crippen molar-refractivity contribution < 1.29 is 22.0 Å². The van der Waals surface area contributed by atoms with Gasteiger partial charge in [-0.05, 0) is 91.2 Å². The van der Waals surface area contributed by atoms with Gasteiger partial charge in [-0.1, -0.05) is 12.2 Å². The number of halogens is 5. The van der Waals surface area contributed by atoms with E-state index in [1.54, 1.807) is 0 Å². The van der Waals surface area contributed by atoms with Crippen LogP contribution in [-0.2, 0) is 6.42 Å². The molecular formula is C23H21F5. The van der Waals surface area contributed by atoms with Crippen molar-refractivity contribution in [3.63, 3.8) is 0 Å². The molecule has 0 spiro atoms. The third-order valence-electron chi connectivity index (χ3n) is 6.40. The van der Waals surface area contributed by atoms with Gasteiger partial charge in [0.15, 0.2) is 17.5 Å². The highest BCUT2D eigenvalue weighted by molar-refractivity contribution is 5.38. The van der Waals surface area contributed by atoms with Crippen LogP contribution in [0.4, 0.5) is 22.0 Å². The van der Waals surface area contributed by atoms with Crippen LogP contribution in [0.2, 0.25) is 0 Å². The second-order valence-electron chi connectivity index (χ2n) is 7.86. The monoisotopic (exact) mass is 392 g/mol. The fraction of sp³-hybridized carbons (Fsp3) is 0.391. The van der Waals surface area contributed by atoms with E-state index in [-0.39, 0.29) is 23.7 Å². The van der Waals surface area contributed by atoms with Crippen molar-refractivity contribution >= 4 is 0 Å². The van der Waals surface area contributed by atoms with E-state index in [2.05, 4.69) is 0 Å². The Bertz CT molecular complexity index is 910. The largest absolute Gasteiger partial charge is 0.207 e. The number of benzene rings is 2. The molecule has 148 valence electrons. The van der Waals surface area contributed by atoms with Gasteiger partial charge in [0.2, 0.25) is 0 Å². The summed E-state index contributed by atoms with van der Waals surface area (Å²) in [6.45, 7) is 1.88. The summed E-state index contributed by atoms with van der Waals surface area (Å²) < 4.78 is 69.5. The van der Waals surface area contributed by atoms with E-state index < -0.39 is 29.1 Å². The Labute approximate surface area is 161 Å². The van der Waals surface area contributed by atoms with Crippen LogP contribution in [0.3, 0.4) is 0 Å². The average molecular weight is 392 g/mol. The molecular weight excluding hydrogens is 371 g/mol. The molecule has 0 aromatic heterocycles. The minimum atomic E-state index is -1.48. The number of hydrogen-bond donors (Lipinski definition) is 0. The maximum Gasteiger partial charge on any atom is 0.194 e. The minimum absolute atomic E-state index is 0.0205. The Kier molecular flexibility index (Phi) is 5.02. The molecule has 0 amide bonds. The molecule has 0 nitrogen and oxygen atoms in total. The zero-order valence-electron chi connectivity index (χ0n) is 15.5. The van der Waals surface area contributed by atoms with E-state index in [0.29, 0.717) is 29.5 Å². The Morgan fingerprint density at radius 3 is 2.25 bits per heavy atom. The van der Waals surface area contributed by atoms with E-state index >= 15 is 0 Å². The molecule has 0 bridgehead atoms. The van der Waals surface area contributed by atoms with Gasteiger partial charge in [-0.25, -0.2) is 22.0 Å². The Morgan fingerprint density at radius 2 is 1.57 bits per heavy atom. The van der Waals surface area contributed by atoms with E-state index in [0.717, 1.165) is 31.0 Å².